The van der Waals surface area contributed by atoms with Gasteiger partial charge in [0.25, 0.3) is 5.56 Å². The number of pyridine rings is 1. The number of aromatic nitrogens is 5. The molecule has 0 saturated heterocycles. The van der Waals surface area contributed by atoms with E-state index in [0.29, 0.717) is 22.6 Å². The zero-order valence-electron chi connectivity index (χ0n) is 21.3. The molecule has 8 heteroatoms. The third kappa shape index (κ3) is 4.36. The van der Waals surface area contributed by atoms with E-state index in [4.69, 9.17) is 0 Å². The number of rotatable bonds is 5. The Hall–Kier alpha value is -5.42. The predicted octanol–water partition coefficient (Wildman–Crippen LogP) is 5.74. The number of benzene rings is 3. The van der Waals surface area contributed by atoms with Gasteiger partial charge in [-0.2, -0.15) is 5.26 Å². The van der Waals surface area contributed by atoms with Crippen LogP contribution in [0.4, 0.5) is 5.82 Å². The van der Waals surface area contributed by atoms with Crippen molar-refractivity contribution in [3.63, 3.8) is 0 Å². The minimum Gasteiger partial charge on any atom is -0.361 e. The van der Waals surface area contributed by atoms with Crippen molar-refractivity contribution in [3.05, 3.63) is 119 Å². The van der Waals surface area contributed by atoms with Gasteiger partial charge in [-0.25, -0.2) is 19.9 Å². The summed E-state index contributed by atoms with van der Waals surface area (Å²) < 4.78 is 1.74. The van der Waals surface area contributed by atoms with Crippen LogP contribution in [0.1, 0.15) is 30.0 Å². The largest absolute Gasteiger partial charge is 0.361 e. The number of para-hydroxylation sites is 1. The molecule has 6 rings (SSSR count). The molecule has 0 aliphatic carbocycles. The van der Waals surface area contributed by atoms with Crippen LogP contribution in [0.3, 0.4) is 0 Å². The van der Waals surface area contributed by atoms with Crippen molar-refractivity contribution in [3.8, 4) is 22.9 Å². The zero-order chi connectivity index (χ0) is 26.9. The van der Waals surface area contributed by atoms with Gasteiger partial charge in [0, 0.05) is 34.7 Å². The monoisotopic (exact) mass is 509 g/mol. The molecular formula is C31H23N7O. The van der Waals surface area contributed by atoms with E-state index < -0.39 is 0 Å². The number of aryl methyl sites for hydroxylation is 1. The van der Waals surface area contributed by atoms with E-state index in [1.54, 1.807) is 35.2 Å². The maximum absolute atomic E-state index is 14.3. The number of nitrogens with one attached hydrogen (secondary N) is 1. The smallest absolute Gasteiger partial charge is 0.263 e. The molecule has 39 heavy (non-hydrogen) atoms. The summed E-state index contributed by atoms with van der Waals surface area (Å²) in [6, 6.07) is 24.6. The van der Waals surface area contributed by atoms with E-state index in [1.165, 1.54) is 6.33 Å². The fraction of sp³-hybridized carbons (Fsp3) is 0.0968. The molecule has 0 saturated carbocycles. The summed E-state index contributed by atoms with van der Waals surface area (Å²) in [6.45, 7) is 3.82. The van der Waals surface area contributed by atoms with Crippen LogP contribution in [0.25, 0.3) is 38.5 Å². The average Bonchev–Trinajstić information content (AvgIpc) is 2.97. The fourth-order valence-electron chi connectivity index (χ4n) is 4.84. The van der Waals surface area contributed by atoms with Crippen molar-refractivity contribution in [2.24, 2.45) is 0 Å². The Bertz CT molecular complexity index is 1940. The maximum atomic E-state index is 14.3. The summed E-state index contributed by atoms with van der Waals surface area (Å²) in [6.07, 6.45) is 4.98. The number of hydrogen-bond acceptors (Lipinski definition) is 7. The van der Waals surface area contributed by atoms with Crippen molar-refractivity contribution in [1.29, 1.82) is 5.26 Å². The molecule has 6 aromatic rings. The molecule has 0 amide bonds. The Balaban J connectivity index is 1.55. The van der Waals surface area contributed by atoms with Gasteiger partial charge in [-0.1, -0.05) is 36.4 Å². The van der Waals surface area contributed by atoms with Crippen LogP contribution in [0, 0.1) is 18.3 Å². The Morgan fingerprint density at radius 3 is 2.49 bits per heavy atom. The molecule has 0 fully saturated rings. The van der Waals surface area contributed by atoms with Crippen LogP contribution < -0.4 is 10.9 Å². The lowest BCUT2D eigenvalue weighted by atomic mass is 9.99. The van der Waals surface area contributed by atoms with E-state index >= 15 is 0 Å². The maximum Gasteiger partial charge on any atom is 0.263 e. The Morgan fingerprint density at radius 2 is 1.72 bits per heavy atom. The van der Waals surface area contributed by atoms with E-state index in [1.807, 2.05) is 68.4 Å². The van der Waals surface area contributed by atoms with Crippen molar-refractivity contribution in [2.75, 3.05) is 5.32 Å². The summed E-state index contributed by atoms with van der Waals surface area (Å²) in [7, 11) is 0. The second-order valence-corrected chi connectivity index (χ2v) is 9.27. The lowest BCUT2D eigenvalue weighted by Gasteiger charge is -2.22. The van der Waals surface area contributed by atoms with Crippen LogP contribution in [-0.2, 0) is 0 Å². The zero-order valence-corrected chi connectivity index (χ0v) is 21.3. The molecule has 0 aliphatic heterocycles. The minimum absolute atomic E-state index is 0.141. The van der Waals surface area contributed by atoms with Crippen molar-refractivity contribution < 1.29 is 0 Å². The minimum atomic E-state index is -0.322. The number of nitrogens with zero attached hydrogens (tertiary/aromatic N) is 6. The quantitative estimate of drug-likeness (QED) is 0.315. The van der Waals surface area contributed by atoms with Gasteiger partial charge in [0.1, 0.15) is 18.0 Å². The first kappa shape index (κ1) is 23.9. The molecule has 0 bridgehead atoms. The first-order valence-corrected chi connectivity index (χ1v) is 12.5. The fourth-order valence-corrected chi connectivity index (χ4v) is 4.84. The first-order chi connectivity index (χ1) is 19.0. The summed E-state index contributed by atoms with van der Waals surface area (Å²) in [5.41, 5.74) is 4.18. The normalized spacial score (nSPS) is 11.8. The van der Waals surface area contributed by atoms with E-state index in [-0.39, 0.29) is 11.6 Å². The molecule has 3 heterocycles. The predicted molar refractivity (Wildman–Crippen MR) is 152 cm³/mol. The Morgan fingerprint density at radius 1 is 0.923 bits per heavy atom. The second-order valence-electron chi connectivity index (χ2n) is 9.27. The van der Waals surface area contributed by atoms with E-state index in [9.17, 15) is 10.1 Å². The molecule has 1 N–H and O–H groups in total. The standard InChI is InChI=1S/C31H23N7O/c1-19(37-30-26-13-21(15-32)11-12-27(26)35-18-36-30)28-14-22-7-6-10-25(23-16-33-20(2)34-17-23)29(22)31(39)38(28)24-8-4-3-5-9-24/h3-14,16-19H,1-2H3,(H,35,36,37). The number of anilines is 1. The summed E-state index contributed by atoms with van der Waals surface area (Å²) in [5, 5.41) is 15.0. The van der Waals surface area contributed by atoms with Gasteiger partial charge >= 0.3 is 0 Å². The van der Waals surface area contributed by atoms with Gasteiger partial charge in [0.05, 0.1) is 28.6 Å². The second kappa shape index (κ2) is 9.80. The highest BCUT2D eigenvalue weighted by atomic mass is 16.1. The highest BCUT2D eigenvalue weighted by Crippen LogP contribution is 2.30. The van der Waals surface area contributed by atoms with Crippen LogP contribution in [-0.4, -0.2) is 24.5 Å². The van der Waals surface area contributed by atoms with Gasteiger partial charge in [-0.15, -0.1) is 0 Å². The third-order valence-electron chi connectivity index (χ3n) is 6.74. The van der Waals surface area contributed by atoms with Crippen LogP contribution in [0.15, 0.2) is 96.3 Å². The molecule has 1 unspecified atom stereocenters. The van der Waals surface area contributed by atoms with Gasteiger partial charge in [0.2, 0.25) is 0 Å². The highest BCUT2D eigenvalue weighted by molar-refractivity contribution is 5.96. The molecule has 3 aromatic heterocycles. The lowest BCUT2D eigenvalue weighted by Crippen LogP contribution is -2.26. The molecular weight excluding hydrogens is 486 g/mol. The average molecular weight is 510 g/mol. The highest BCUT2D eigenvalue weighted by Gasteiger charge is 2.20. The van der Waals surface area contributed by atoms with E-state index in [2.05, 4.69) is 31.3 Å². The van der Waals surface area contributed by atoms with E-state index in [0.717, 1.165) is 38.8 Å². The number of nitriles is 1. The Kier molecular flexibility index (Phi) is 6.02. The number of fused-ring (bicyclic) bond motifs is 2. The summed E-state index contributed by atoms with van der Waals surface area (Å²) in [4.78, 5) is 31.8. The van der Waals surface area contributed by atoms with Crippen molar-refractivity contribution in [1.82, 2.24) is 24.5 Å². The van der Waals surface area contributed by atoms with Crippen LogP contribution >= 0.6 is 0 Å². The molecule has 8 nitrogen and oxygen atoms in total. The molecule has 188 valence electrons. The van der Waals surface area contributed by atoms with Gasteiger partial charge in [-0.05, 0) is 61.2 Å². The van der Waals surface area contributed by atoms with Crippen LogP contribution in [0.5, 0.6) is 0 Å². The Labute approximate surface area is 224 Å². The topological polar surface area (TPSA) is 109 Å². The van der Waals surface area contributed by atoms with Crippen molar-refractivity contribution >= 4 is 27.5 Å². The number of hydrogen-bond donors (Lipinski definition) is 1. The molecule has 3 aromatic carbocycles. The molecule has 0 radical (unpaired) electrons. The summed E-state index contributed by atoms with van der Waals surface area (Å²) in [5.74, 6) is 1.25. The first-order valence-electron chi connectivity index (χ1n) is 12.5. The van der Waals surface area contributed by atoms with Crippen LogP contribution in [0.2, 0.25) is 0 Å². The van der Waals surface area contributed by atoms with Gasteiger partial charge in [-0.3, -0.25) is 9.36 Å². The van der Waals surface area contributed by atoms with Gasteiger partial charge < -0.3 is 5.32 Å². The van der Waals surface area contributed by atoms with Crippen molar-refractivity contribution in [2.45, 2.75) is 19.9 Å². The molecule has 1 atom stereocenters. The lowest BCUT2D eigenvalue weighted by molar-refractivity contribution is 0.774. The third-order valence-corrected chi connectivity index (χ3v) is 6.74. The summed E-state index contributed by atoms with van der Waals surface area (Å²) >= 11 is 0. The SMILES string of the molecule is Cc1ncc(-c2cccc3cc(C(C)Nc4ncnc5ccc(C#N)cc45)n(-c4ccccc4)c(=O)c23)cn1. The molecule has 0 aliphatic rings. The van der Waals surface area contributed by atoms with Gasteiger partial charge in [0.15, 0.2) is 0 Å². The molecule has 0 spiro atoms.